The van der Waals surface area contributed by atoms with Crippen molar-refractivity contribution in [2.24, 2.45) is 5.84 Å². The Balaban J connectivity index is 1.85. The Morgan fingerprint density at radius 3 is 3.05 bits per heavy atom. The Hall–Kier alpha value is -1.49. The molecule has 0 aliphatic heterocycles. The van der Waals surface area contributed by atoms with Crippen molar-refractivity contribution in [3.63, 3.8) is 0 Å². The van der Waals surface area contributed by atoms with Crippen molar-refractivity contribution in [3.8, 4) is 0 Å². The number of nitrogens with zero attached hydrogens (tertiary/aromatic N) is 1. The molecule has 21 heavy (non-hydrogen) atoms. The molecule has 0 spiro atoms. The van der Waals surface area contributed by atoms with Crippen LogP contribution >= 0.6 is 11.6 Å². The van der Waals surface area contributed by atoms with E-state index < -0.39 is 0 Å². The highest BCUT2D eigenvalue weighted by Crippen LogP contribution is 2.35. The summed E-state index contributed by atoms with van der Waals surface area (Å²) < 4.78 is 14.1. The Kier molecular flexibility index (Phi) is 4.19. The number of pyridine rings is 1. The zero-order valence-electron chi connectivity index (χ0n) is 11.5. The lowest BCUT2D eigenvalue weighted by Crippen LogP contribution is -2.41. The van der Waals surface area contributed by atoms with Crippen molar-refractivity contribution in [2.45, 2.75) is 31.2 Å². The van der Waals surface area contributed by atoms with Gasteiger partial charge in [-0.2, -0.15) is 0 Å². The maximum Gasteiger partial charge on any atom is 0.145 e. The summed E-state index contributed by atoms with van der Waals surface area (Å²) in [6, 6.07) is 9.04. The molecular weight excluding hydrogens is 289 g/mol. The van der Waals surface area contributed by atoms with Gasteiger partial charge in [0, 0.05) is 23.9 Å². The highest BCUT2D eigenvalue weighted by atomic mass is 35.5. The van der Waals surface area contributed by atoms with E-state index in [1.807, 2.05) is 6.07 Å². The second kappa shape index (κ2) is 6.10. The van der Waals surface area contributed by atoms with Gasteiger partial charge in [-0.1, -0.05) is 29.8 Å². The first-order valence-electron chi connectivity index (χ1n) is 7.03. The van der Waals surface area contributed by atoms with Crippen LogP contribution in [0.5, 0.6) is 0 Å². The van der Waals surface area contributed by atoms with Crippen LogP contribution in [0, 0.1) is 5.82 Å². The van der Waals surface area contributed by atoms with E-state index in [1.54, 1.807) is 24.4 Å². The van der Waals surface area contributed by atoms with Crippen molar-refractivity contribution >= 4 is 11.6 Å². The zero-order valence-corrected chi connectivity index (χ0v) is 12.3. The minimum Gasteiger partial charge on any atom is -0.271 e. The van der Waals surface area contributed by atoms with Gasteiger partial charge >= 0.3 is 0 Å². The minimum absolute atomic E-state index is 0.0610. The van der Waals surface area contributed by atoms with Crippen molar-refractivity contribution in [1.29, 1.82) is 0 Å². The first kappa shape index (κ1) is 14.4. The normalized spacial score (nSPS) is 18.5. The van der Waals surface area contributed by atoms with Crippen LogP contribution in [0.15, 0.2) is 36.5 Å². The van der Waals surface area contributed by atoms with Crippen molar-refractivity contribution in [3.05, 3.63) is 64.2 Å². The summed E-state index contributed by atoms with van der Waals surface area (Å²) in [7, 11) is 0. The Labute approximate surface area is 128 Å². The van der Waals surface area contributed by atoms with E-state index in [4.69, 9.17) is 17.4 Å². The summed E-state index contributed by atoms with van der Waals surface area (Å²) >= 11 is 5.84. The molecule has 3 N–H and O–H groups in total. The molecule has 1 heterocycles. The number of aromatic nitrogens is 1. The van der Waals surface area contributed by atoms with Gasteiger partial charge in [-0.25, -0.2) is 4.39 Å². The van der Waals surface area contributed by atoms with E-state index in [-0.39, 0.29) is 22.8 Å². The molecule has 2 atom stereocenters. The summed E-state index contributed by atoms with van der Waals surface area (Å²) in [6.45, 7) is 0. The van der Waals surface area contributed by atoms with Gasteiger partial charge in [0.1, 0.15) is 5.82 Å². The topological polar surface area (TPSA) is 50.9 Å². The van der Waals surface area contributed by atoms with Crippen LogP contribution in [0.2, 0.25) is 5.02 Å². The molecule has 2 aromatic rings. The monoisotopic (exact) mass is 305 g/mol. The Morgan fingerprint density at radius 2 is 2.24 bits per heavy atom. The highest BCUT2D eigenvalue weighted by Gasteiger charge is 2.31. The first-order valence-corrected chi connectivity index (χ1v) is 7.41. The van der Waals surface area contributed by atoms with Crippen LogP contribution in [0.3, 0.4) is 0 Å². The standard InChI is InChI=1S/C16H17ClFN3/c17-13-5-1-3-11(15(13)18)9-14(21-19)12-7-6-10-4-2-8-20-16(10)12/h1-5,8,12,14,21H,6-7,9,19H2. The summed E-state index contributed by atoms with van der Waals surface area (Å²) in [5.74, 6) is 5.55. The second-order valence-electron chi connectivity index (χ2n) is 5.38. The molecule has 0 saturated heterocycles. The predicted molar refractivity (Wildman–Crippen MR) is 81.5 cm³/mol. The molecule has 110 valence electrons. The SMILES string of the molecule is NNC(Cc1cccc(Cl)c1F)C1CCc2cccnc21. The van der Waals surface area contributed by atoms with E-state index in [1.165, 1.54) is 5.56 Å². The van der Waals surface area contributed by atoms with Crippen molar-refractivity contribution in [2.75, 3.05) is 0 Å². The third-order valence-electron chi connectivity index (χ3n) is 4.17. The molecule has 0 radical (unpaired) electrons. The predicted octanol–water partition coefficient (Wildman–Crippen LogP) is 2.98. The lowest BCUT2D eigenvalue weighted by atomic mass is 9.91. The highest BCUT2D eigenvalue weighted by molar-refractivity contribution is 6.30. The fourth-order valence-corrected chi connectivity index (χ4v) is 3.29. The molecule has 1 aromatic carbocycles. The lowest BCUT2D eigenvalue weighted by molar-refractivity contribution is 0.423. The van der Waals surface area contributed by atoms with Crippen LogP contribution < -0.4 is 11.3 Å². The second-order valence-corrected chi connectivity index (χ2v) is 5.79. The Morgan fingerprint density at radius 1 is 1.38 bits per heavy atom. The summed E-state index contributed by atoms with van der Waals surface area (Å²) in [6.07, 6.45) is 4.25. The quantitative estimate of drug-likeness (QED) is 0.674. The number of benzene rings is 1. The number of hydrogen-bond donors (Lipinski definition) is 2. The van der Waals surface area contributed by atoms with Gasteiger partial charge in [0.05, 0.1) is 5.02 Å². The molecule has 1 aliphatic carbocycles. The first-order chi connectivity index (χ1) is 10.2. The fraction of sp³-hybridized carbons (Fsp3) is 0.312. The van der Waals surface area contributed by atoms with Gasteiger partial charge in [0.15, 0.2) is 0 Å². The number of nitrogens with two attached hydrogens (primary N) is 1. The molecule has 0 fully saturated rings. The number of hydrogen-bond acceptors (Lipinski definition) is 3. The van der Waals surface area contributed by atoms with E-state index in [2.05, 4.69) is 16.5 Å². The molecule has 3 rings (SSSR count). The molecule has 1 aromatic heterocycles. The molecule has 2 unspecified atom stereocenters. The average Bonchev–Trinajstić information content (AvgIpc) is 2.93. The van der Waals surface area contributed by atoms with Crippen LogP contribution in [0.1, 0.15) is 29.2 Å². The summed E-state index contributed by atoms with van der Waals surface area (Å²) in [5.41, 5.74) is 5.74. The number of nitrogens with one attached hydrogen (secondary N) is 1. The fourth-order valence-electron chi connectivity index (χ4n) is 3.10. The third kappa shape index (κ3) is 2.79. The van der Waals surface area contributed by atoms with E-state index in [0.29, 0.717) is 12.0 Å². The number of hydrazine groups is 1. The number of aryl methyl sites for hydroxylation is 1. The molecular formula is C16H17ClFN3. The van der Waals surface area contributed by atoms with Crippen molar-refractivity contribution < 1.29 is 4.39 Å². The third-order valence-corrected chi connectivity index (χ3v) is 4.47. The maximum atomic E-state index is 14.1. The van der Waals surface area contributed by atoms with Gasteiger partial charge in [-0.15, -0.1) is 0 Å². The molecule has 0 bridgehead atoms. The minimum atomic E-state index is -0.362. The molecule has 0 amide bonds. The van der Waals surface area contributed by atoms with E-state index in [9.17, 15) is 4.39 Å². The van der Waals surface area contributed by atoms with Crippen LogP contribution in [-0.4, -0.2) is 11.0 Å². The van der Waals surface area contributed by atoms with Crippen LogP contribution in [0.4, 0.5) is 4.39 Å². The van der Waals surface area contributed by atoms with Gasteiger partial charge < -0.3 is 0 Å². The van der Waals surface area contributed by atoms with E-state index >= 15 is 0 Å². The van der Waals surface area contributed by atoms with E-state index in [0.717, 1.165) is 18.5 Å². The van der Waals surface area contributed by atoms with Crippen LogP contribution in [0.25, 0.3) is 0 Å². The summed E-state index contributed by atoms with van der Waals surface area (Å²) in [5, 5.41) is 0.146. The number of halogens is 2. The molecule has 0 saturated carbocycles. The van der Waals surface area contributed by atoms with Gasteiger partial charge in [0.2, 0.25) is 0 Å². The van der Waals surface area contributed by atoms with Crippen LogP contribution in [-0.2, 0) is 12.8 Å². The Bertz CT molecular complexity index is 647. The van der Waals surface area contributed by atoms with Gasteiger partial charge in [0.25, 0.3) is 0 Å². The molecule has 5 heteroatoms. The largest absolute Gasteiger partial charge is 0.271 e. The number of fused-ring (bicyclic) bond motifs is 1. The average molecular weight is 306 g/mol. The zero-order chi connectivity index (χ0) is 14.8. The van der Waals surface area contributed by atoms with Gasteiger partial charge in [-0.3, -0.25) is 16.3 Å². The van der Waals surface area contributed by atoms with Gasteiger partial charge in [-0.05, 0) is 42.5 Å². The maximum absolute atomic E-state index is 14.1. The van der Waals surface area contributed by atoms with Crippen molar-refractivity contribution in [1.82, 2.24) is 10.4 Å². The summed E-state index contributed by atoms with van der Waals surface area (Å²) in [4.78, 5) is 4.48. The molecule has 3 nitrogen and oxygen atoms in total. The number of rotatable bonds is 4. The lowest BCUT2D eigenvalue weighted by Gasteiger charge is -2.23. The molecule has 1 aliphatic rings. The smallest absolute Gasteiger partial charge is 0.145 e.